The second-order valence-electron chi connectivity index (χ2n) is 9.18. The molecule has 1 aliphatic carbocycles. The van der Waals surface area contributed by atoms with Gasteiger partial charge in [-0.1, -0.05) is 58.0 Å². The molecule has 4 nitrogen and oxygen atoms in total. The number of ketones is 2. The zero-order valence-electron chi connectivity index (χ0n) is 18.6. The average molecular weight is 414 g/mol. The van der Waals surface area contributed by atoms with E-state index in [1.807, 2.05) is 29.0 Å². The van der Waals surface area contributed by atoms with Crippen LogP contribution in [0.2, 0.25) is 0 Å². The molecular formula is C27H29N2O2+. The van der Waals surface area contributed by atoms with Gasteiger partial charge in [-0.15, -0.1) is 0 Å². The number of carbonyl (C=O) groups excluding carboxylic acids is 2. The molecule has 4 rings (SSSR count). The Hall–Kier alpha value is -3.14. The van der Waals surface area contributed by atoms with E-state index in [1.165, 1.54) is 12.0 Å². The van der Waals surface area contributed by atoms with Gasteiger partial charge in [0, 0.05) is 23.4 Å². The van der Waals surface area contributed by atoms with E-state index < -0.39 is 11.6 Å². The zero-order chi connectivity index (χ0) is 22.1. The lowest BCUT2D eigenvalue weighted by molar-refractivity contribution is -0.689. The maximum Gasteiger partial charge on any atom is 0.299 e. The van der Waals surface area contributed by atoms with Crippen LogP contribution in [0.15, 0.2) is 60.9 Å². The van der Waals surface area contributed by atoms with Crippen molar-refractivity contribution in [2.24, 2.45) is 11.8 Å². The van der Waals surface area contributed by atoms with Crippen LogP contribution in [0.25, 0.3) is 11.1 Å². The first kappa shape index (κ1) is 21.1. The molecule has 1 aliphatic rings. The van der Waals surface area contributed by atoms with Crippen molar-refractivity contribution in [3.8, 4) is 11.1 Å². The van der Waals surface area contributed by atoms with E-state index in [9.17, 15) is 9.59 Å². The minimum absolute atomic E-state index is 0.243. The number of Topliss-reactive ketones (excluding diaryl/α,β-unsaturated/α-hetero) is 2. The van der Waals surface area contributed by atoms with Crippen molar-refractivity contribution in [1.29, 1.82) is 0 Å². The van der Waals surface area contributed by atoms with Gasteiger partial charge in [0.1, 0.15) is 5.69 Å². The fourth-order valence-electron chi connectivity index (χ4n) is 4.54. The molecule has 0 saturated carbocycles. The van der Waals surface area contributed by atoms with Crippen LogP contribution in [0.5, 0.6) is 0 Å². The van der Waals surface area contributed by atoms with Crippen LogP contribution in [-0.2, 0) is 6.54 Å². The molecule has 2 heterocycles. The lowest BCUT2D eigenvalue weighted by Crippen LogP contribution is -2.44. The number of hydrogen-bond acceptors (Lipinski definition) is 3. The van der Waals surface area contributed by atoms with E-state index in [4.69, 9.17) is 0 Å². The summed E-state index contributed by atoms with van der Waals surface area (Å²) in [6, 6.07) is 16.2. The Morgan fingerprint density at radius 3 is 2.26 bits per heavy atom. The summed E-state index contributed by atoms with van der Waals surface area (Å²) >= 11 is 0. The second kappa shape index (κ2) is 8.54. The Kier molecular flexibility index (Phi) is 5.81. The third kappa shape index (κ3) is 4.07. The molecular weight excluding hydrogens is 384 g/mol. The molecule has 0 spiro atoms. The second-order valence-corrected chi connectivity index (χ2v) is 9.18. The number of hydrogen-bond donors (Lipinski definition) is 0. The summed E-state index contributed by atoms with van der Waals surface area (Å²) in [4.78, 5) is 29.7. The van der Waals surface area contributed by atoms with Gasteiger partial charge < -0.3 is 0 Å². The first-order chi connectivity index (χ1) is 14.9. The van der Waals surface area contributed by atoms with E-state index in [2.05, 4.69) is 56.9 Å². The molecule has 0 fully saturated rings. The number of rotatable bonds is 6. The first-order valence-corrected chi connectivity index (χ1v) is 11.0. The zero-order valence-corrected chi connectivity index (χ0v) is 18.6. The third-order valence-electron chi connectivity index (χ3n) is 6.10. The molecule has 1 unspecified atom stereocenters. The van der Waals surface area contributed by atoms with Gasteiger partial charge in [-0.3, -0.25) is 14.6 Å². The van der Waals surface area contributed by atoms with Crippen LogP contribution in [0.4, 0.5) is 0 Å². The lowest BCUT2D eigenvalue weighted by atomic mass is 9.82. The van der Waals surface area contributed by atoms with Crippen LogP contribution in [0.1, 0.15) is 72.1 Å². The van der Waals surface area contributed by atoms with Gasteiger partial charge in [-0.25, -0.2) is 0 Å². The Morgan fingerprint density at radius 1 is 0.871 bits per heavy atom. The molecule has 0 bridgehead atoms. The largest absolute Gasteiger partial charge is 0.299 e. The fourth-order valence-corrected chi connectivity index (χ4v) is 4.54. The predicted octanol–water partition coefficient (Wildman–Crippen LogP) is 5.25. The van der Waals surface area contributed by atoms with Gasteiger partial charge in [0.15, 0.2) is 12.7 Å². The molecule has 0 radical (unpaired) electrons. The molecule has 0 N–H and O–H groups in total. The summed E-state index contributed by atoms with van der Waals surface area (Å²) in [5, 5.41) is 0. The van der Waals surface area contributed by atoms with Crippen LogP contribution >= 0.6 is 0 Å². The number of benzene rings is 1. The van der Waals surface area contributed by atoms with E-state index in [-0.39, 0.29) is 5.69 Å². The monoisotopic (exact) mass is 413 g/mol. The Labute approximate surface area is 184 Å². The van der Waals surface area contributed by atoms with Gasteiger partial charge in [-0.2, -0.15) is 4.57 Å². The fraction of sp³-hybridized carbons (Fsp3) is 0.333. The maximum absolute atomic E-state index is 12.9. The highest BCUT2D eigenvalue weighted by atomic mass is 16.2. The van der Waals surface area contributed by atoms with E-state index in [1.54, 1.807) is 12.3 Å². The third-order valence-corrected chi connectivity index (χ3v) is 6.10. The van der Waals surface area contributed by atoms with E-state index in [0.29, 0.717) is 30.0 Å². The van der Waals surface area contributed by atoms with Gasteiger partial charge in [0.05, 0.1) is 5.56 Å². The highest BCUT2D eigenvalue weighted by Crippen LogP contribution is 2.32. The minimum Gasteiger partial charge on any atom is -0.283 e. The van der Waals surface area contributed by atoms with Crippen molar-refractivity contribution in [1.82, 2.24) is 4.98 Å². The minimum atomic E-state index is -0.535. The summed E-state index contributed by atoms with van der Waals surface area (Å²) in [5.41, 5.74) is 4.64. The van der Waals surface area contributed by atoms with Gasteiger partial charge >= 0.3 is 0 Å². The Balaban J connectivity index is 1.66. The summed E-state index contributed by atoms with van der Waals surface area (Å²) in [5.74, 6) is 0.747. The predicted molar refractivity (Wildman–Crippen MR) is 121 cm³/mol. The Morgan fingerprint density at radius 2 is 1.58 bits per heavy atom. The summed E-state index contributed by atoms with van der Waals surface area (Å²) in [6.45, 7) is 9.63. The van der Waals surface area contributed by atoms with E-state index >= 15 is 0 Å². The van der Waals surface area contributed by atoms with Crippen molar-refractivity contribution in [2.45, 2.75) is 46.6 Å². The van der Waals surface area contributed by atoms with Crippen molar-refractivity contribution in [3.63, 3.8) is 0 Å². The van der Waals surface area contributed by atoms with Gasteiger partial charge in [0.2, 0.25) is 0 Å². The molecule has 0 aliphatic heterocycles. The van der Waals surface area contributed by atoms with Gasteiger partial charge in [-0.05, 0) is 41.9 Å². The molecule has 1 atom stereocenters. The van der Waals surface area contributed by atoms with Crippen LogP contribution < -0.4 is 4.57 Å². The summed E-state index contributed by atoms with van der Waals surface area (Å²) in [6.07, 6.45) is 4.59. The van der Waals surface area contributed by atoms with Crippen molar-refractivity contribution >= 4 is 11.6 Å². The lowest BCUT2D eigenvalue weighted by Gasteiger charge is -2.23. The standard InChI is InChI=1S/C27H29N2O2/c1-17(2)15-23(18(3)4)20-11-9-19(10-12-20)16-29-14-6-8-22-21-7-5-13-28-24(21)26(30)27(31)25(22)29/h5-14,17-18,23H,15-16H2,1-4H3/q+1. The topological polar surface area (TPSA) is 50.9 Å². The number of pyridine rings is 2. The summed E-state index contributed by atoms with van der Waals surface area (Å²) in [7, 11) is 0. The maximum atomic E-state index is 12.9. The van der Waals surface area contributed by atoms with Gasteiger partial charge in [0.25, 0.3) is 17.3 Å². The molecule has 158 valence electrons. The number of fused-ring (bicyclic) bond motifs is 3. The highest BCUT2D eigenvalue weighted by Gasteiger charge is 2.38. The number of aromatic nitrogens is 2. The normalized spacial score (nSPS) is 14.0. The SMILES string of the molecule is CC(C)CC(c1ccc(C[n+]2cccc3c2C(=O)C(=O)c2ncccc2-3)cc1)C(C)C. The van der Waals surface area contributed by atoms with Crippen LogP contribution in [-0.4, -0.2) is 16.6 Å². The molecule has 31 heavy (non-hydrogen) atoms. The molecule has 2 aromatic heterocycles. The average Bonchev–Trinajstić information content (AvgIpc) is 2.76. The van der Waals surface area contributed by atoms with Crippen molar-refractivity contribution in [2.75, 3.05) is 0 Å². The molecule has 1 aromatic carbocycles. The smallest absolute Gasteiger partial charge is 0.283 e. The van der Waals surface area contributed by atoms with Crippen LogP contribution in [0, 0.1) is 11.8 Å². The quantitative estimate of drug-likeness (QED) is 0.410. The van der Waals surface area contributed by atoms with Crippen LogP contribution in [0.3, 0.4) is 0 Å². The highest BCUT2D eigenvalue weighted by molar-refractivity contribution is 6.51. The molecule has 0 amide bonds. The molecule has 3 aromatic rings. The number of nitrogens with zero attached hydrogens (tertiary/aromatic N) is 2. The molecule has 0 saturated heterocycles. The van der Waals surface area contributed by atoms with Crippen molar-refractivity contribution in [3.05, 3.63) is 83.4 Å². The van der Waals surface area contributed by atoms with Crippen molar-refractivity contribution < 1.29 is 14.2 Å². The first-order valence-electron chi connectivity index (χ1n) is 11.0. The summed E-state index contributed by atoms with van der Waals surface area (Å²) < 4.78 is 1.88. The Bertz CT molecular complexity index is 1130. The molecule has 4 heteroatoms. The number of carbonyl (C=O) groups is 2. The van der Waals surface area contributed by atoms with E-state index in [0.717, 1.165) is 16.7 Å².